The molecule has 0 fully saturated rings. The van der Waals surface area contributed by atoms with Gasteiger partial charge in [0.25, 0.3) is 0 Å². The molecular formula is F6NdP-. The first kappa shape index (κ1) is 12.1. The van der Waals surface area contributed by atoms with E-state index >= 15 is 0 Å². The molecule has 0 aliphatic carbocycles. The first-order chi connectivity index (χ1) is 2.45. The van der Waals surface area contributed by atoms with Crippen LogP contribution in [0.15, 0.2) is 0 Å². The molecule has 0 heterocycles. The minimum absolute atomic E-state index is 0. The molecule has 8 heteroatoms. The zero-order chi connectivity index (χ0) is 6.41. The third kappa shape index (κ3) is 161. The van der Waals surface area contributed by atoms with Gasteiger partial charge in [-0.25, -0.2) is 0 Å². The maximum absolute atomic E-state index is 10.7. The molecule has 8 heavy (non-hydrogen) atoms. The summed E-state index contributed by atoms with van der Waals surface area (Å²) < 4.78 is 59.2. The largest absolute Gasteiger partial charge is 0 e. The van der Waals surface area contributed by atoms with Crippen LogP contribution in [0.25, 0.3) is 0 Å². The van der Waals surface area contributed by atoms with Crippen LogP contribution in [-0.4, -0.2) is 0 Å². The Labute approximate surface area is 73.4 Å². The van der Waals surface area contributed by atoms with Gasteiger partial charge < -0.3 is 0 Å². The Hall–Kier alpha value is 1.36. The van der Waals surface area contributed by atoms with E-state index < -0.39 is 7.81 Å². The molecule has 0 nitrogen and oxygen atoms in total. The van der Waals surface area contributed by atoms with E-state index in [1.54, 1.807) is 0 Å². The number of hydrogen-bond donors (Lipinski definition) is 0. The standard InChI is InChI=1S/F6P.Nd/c1-7(2,3,4,5)6;/q-1;. The van der Waals surface area contributed by atoms with Crippen LogP contribution in [0.1, 0.15) is 0 Å². The van der Waals surface area contributed by atoms with Crippen LogP contribution in [0.3, 0.4) is 0 Å². The molecule has 0 aromatic heterocycles. The first-order valence-electron chi connectivity index (χ1n) is 1.01. The van der Waals surface area contributed by atoms with Crippen LogP contribution < -0.4 is 0 Å². The molecule has 0 spiro atoms. The van der Waals surface area contributed by atoms with Crippen LogP contribution in [-0.2, 0) is 0 Å². The second-order valence-corrected chi connectivity index (χ2v) is 2.87. The van der Waals surface area contributed by atoms with Gasteiger partial charge in [-0.2, -0.15) is 0 Å². The number of halogens is 6. The van der Waals surface area contributed by atoms with Crippen molar-refractivity contribution in [2.24, 2.45) is 0 Å². The van der Waals surface area contributed by atoms with Crippen molar-refractivity contribution in [3.05, 3.63) is 0 Å². The summed E-state index contributed by atoms with van der Waals surface area (Å²) in [5.74, 6) is 0. The summed E-state index contributed by atoms with van der Waals surface area (Å²) in [4.78, 5) is 0. The maximum Gasteiger partial charge on any atom is 0 e. The van der Waals surface area contributed by atoms with Crippen molar-refractivity contribution < 1.29 is 66.0 Å². The van der Waals surface area contributed by atoms with Crippen molar-refractivity contribution in [3.8, 4) is 0 Å². The maximum atomic E-state index is 9.87. The molecule has 0 unspecified atom stereocenters. The molecule has 0 rings (SSSR count). The van der Waals surface area contributed by atoms with E-state index in [2.05, 4.69) is 0 Å². The minimum Gasteiger partial charge on any atom is 0 e. The van der Waals surface area contributed by atoms with Crippen LogP contribution in [0.2, 0.25) is 0 Å². The van der Waals surface area contributed by atoms with Gasteiger partial charge in [-0.1, -0.05) is 0 Å². The Bertz CT molecular complexity index is 67.1. The zero-order valence-corrected chi connectivity index (χ0v) is 7.32. The fraction of sp³-hybridized carbons (Fsp3) is 0. The molecule has 0 aromatic carbocycles. The molecule has 0 N–H and O–H groups in total. The SMILES string of the molecule is F[P-](F)(F)(F)(F)F.[Nd]. The van der Waals surface area contributed by atoms with Gasteiger partial charge in [0.2, 0.25) is 0 Å². The summed E-state index contributed by atoms with van der Waals surface area (Å²) in [6.07, 6.45) is 0. The molecule has 0 amide bonds. The normalized spacial score (nSPS) is 20.2. The summed E-state index contributed by atoms with van der Waals surface area (Å²) in [5.41, 5.74) is 0. The van der Waals surface area contributed by atoms with Gasteiger partial charge in [0.15, 0.2) is 0 Å². The molecule has 0 saturated heterocycles. The van der Waals surface area contributed by atoms with Crippen molar-refractivity contribution in [2.45, 2.75) is 0 Å². The number of rotatable bonds is 0. The first-order valence-corrected chi connectivity index (χ1v) is 3.04. The van der Waals surface area contributed by atoms with Crippen LogP contribution in [0.5, 0.6) is 0 Å². The molecule has 0 bridgehead atoms. The summed E-state index contributed by atoms with van der Waals surface area (Å²) in [7, 11) is -10.7. The molecule has 0 atom stereocenters. The van der Waals surface area contributed by atoms with E-state index in [-0.39, 0.29) is 40.8 Å². The van der Waals surface area contributed by atoms with E-state index in [9.17, 15) is 25.2 Å². The van der Waals surface area contributed by atoms with Gasteiger partial charge in [0.05, 0.1) is 0 Å². The van der Waals surface area contributed by atoms with Crippen LogP contribution in [0, 0.1) is 40.8 Å². The molecule has 0 radical (unpaired) electrons. The van der Waals surface area contributed by atoms with E-state index in [1.165, 1.54) is 0 Å². The minimum atomic E-state index is -10.7. The van der Waals surface area contributed by atoms with E-state index in [1.807, 2.05) is 0 Å². The van der Waals surface area contributed by atoms with Gasteiger partial charge in [0, 0.05) is 40.8 Å². The quantitative estimate of drug-likeness (QED) is 0.474. The molecule has 0 aliphatic rings. The second kappa shape index (κ2) is 1.69. The van der Waals surface area contributed by atoms with Crippen molar-refractivity contribution in [2.75, 3.05) is 0 Å². The summed E-state index contributed by atoms with van der Waals surface area (Å²) in [6.45, 7) is 0. The molecular weight excluding hydrogens is 289 g/mol. The van der Waals surface area contributed by atoms with Gasteiger partial charge in [-0.3, -0.25) is 0 Å². The van der Waals surface area contributed by atoms with Crippen molar-refractivity contribution in [1.29, 1.82) is 0 Å². The van der Waals surface area contributed by atoms with E-state index in [0.29, 0.717) is 0 Å². The van der Waals surface area contributed by atoms with Crippen molar-refractivity contribution >= 4 is 7.81 Å². The fourth-order valence-corrected chi connectivity index (χ4v) is 0. The van der Waals surface area contributed by atoms with Crippen molar-refractivity contribution in [1.82, 2.24) is 0 Å². The smallest absolute Gasteiger partial charge is 0 e. The average molecular weight is 289 g/mol. The zero-order valence-electron chi connectivity index (χ0n) is 3.22. The number of hydrogen-bond acceptors (Lipinski definition) is 0. The van der Waals surface area contributed by atoms with Gasteiger partial charge >= 0.3 is 33.0 Å². The summed E-state index contributed by atoms with van der Waals surface area (Å²) >= 11 is 0. The predicted molar refractivity (Wildman–Crippen MR) is 13.6 cm³/mol. The van der Waals surface area contributed by atoms with Gasteiger partial charge in [-0.05, 0) is 0 Å². The Morgan fingerprint density at radius 1 is 0.625 bits per heavy atom. The van der Waals surface area contributed by atoms with Crippen LogP contribution in [0.4, 0.5) is 25.2 Å². The Balaban J connectivity index is 0. The molecule has 52 valence electrons. The third-order valence-corrected chi connectivity index (χ3v) is 0. The second-order valence-electron chi connectivity index (χ2n) is 0.958. The Morgan fingerprint density at radius 2 is 0.625 bits per heavy atom. The Morgan fingerprint density at radius 3 is 0.625 bits per heavy atom. The predicted octanol–water partition coefficient (Wildman–Crippen LogP) is 3.38. The molecule has 0 aromatic rings. The van der Waals surface area contributed by atoms with E-state index in [4.69, 9.17) is 0 Å². The van der Waals surface area contributed by atoms with E-state index in [0.717, 1.165) is 0 Å². The van der Waals surface area contributed by atoms with Gasteiger partial charge in [0.1, 0.15) is 0 Å². The average Bonchev–Trinajstić information content (AvgIpc) is 0.592. The fourth-order valence-electron chi connectivity index (χ4n) is 0. The Kier molecular flexibility index (Phi) is 2.55. The van der Waals surface area contributed by atoms with Gasteiger partial charge in [-0.15, -0.1) is 0 Å². The summed E-state index contributed by atoms with van der Waals surface area (Å²) in [5, 5.41) is 0. The summed E-state index contributed by atoms with van der Waals surface area (Å²) in [6, 6.07) is 0. The van der Waals surface area contributed by atoms with Crippen molar-refractivity contribution in [3.63, 3.8) is 0 Å². The topological polar surface area (TPSA) is 0 Å². The monoisotopic (exact) mass is 287 g/mol. The molecule has 0 saturated carbocycles. The third-order valence-electron chi connectivity index (χ3n) is 0. The molecule has 0 aliphatic heterocycles. The van der Waals surface area contributed by atoms with Crippen LogP contribution >= 0.6 is 7.81 Å².